The maximum atomic E-state index is 13.2. The van der Waals surface area contributed by atoms with Gasteiger partial charge in [0.15, 0.2) is 6.17 Å². The van der Waals surface area contributed by atoms with Crippen LogP contribution in [-0.2, 0) is 0 Å². The molecule has 0 aliphatic rings. The molecule has 84 valence electrons. The zero-order valence-corrected chi connectivity index (χ0v) is 8.83. The minimum atomic E-state index is -1.54. The summed E-state index contributed by atoms with van der Waals surface area (Å²) in [6.45, 7) is 1.61. The summed E-state index contributed by atoms with van der Waals surface area (Å²) < 4.78 is 31.3. The Morgan fingerprint density at radius 1 is 1.13 bits per heavy atom. The second-order valence-electron chi connectivity index (χ2n) is 3.44. The molecule has 0 aromatic heterocycles. The molecule has 0 unspecified atom stereocenters. The third kappa shape index (κ3) is 4.28. The second-order valence-corrected chi connectivity index (χ2v) is 3.44. The van der Waals surface area contributed by atoms with Crippen molar-refractivity contribution in [1.29, 1.82) is 0 Å². The Labute approximate surface area is 89.1 Å². The van der Waals surface area contributed by atoms with Crippen LogP contribution < -0.4 is 4.74 Å². The van der Waals surface area contributed by atoms with E-state index in [0.717, 1.165) is 0 Å². The van der Waals surface area contributed by atoms with E-state index in [1.165, 1.54) is 0 Å². The summed E-state index contributed by atoms with van der Waals surface area (Å²) in [6, 6.07) is 8.87. The summed E-state index contributed by atoms with van der Waals surface area (Å²) in [6.07, 6.45) is -2.06. The molecule has 1 aromatic rings. The highest BCUT2D eigenvalue weighted by Gasteiger charge is 2.19. The second kappa shape index (κ2) is 6.38. The van der Waals surface area contributed by atoms with Gasteiger partial charge in [0.1, 0.15) is 18.5 Å². The predicted molar refractivity (Wildman–Crippen MR) is 56.6 cm³/mol. The van der Waals surface area contributed by atoms with Crippen molar-refractivity contribution in [2.24, 2.45) is 0 Å². The van der Waals surface area contributed by atoms with Gasteiger partial charge in [0.05, 0.1) is 0 Å². The van der Waals surface area contributed by atoms with Crippen molar-refractivity contribution in [3.63, 3.8) is 0 Å². The first-order valence-electron chi connectivity index (χ1n) is 5.20. The van der Waals surface area contributed by atoms with Crippen molar-refractivity contribution >= 4 is 0 Å². The molecule has 0 saturated heterocycles. The Morgan fingerprint density at radius 2 is 1.80 bits per heavy atom. The summed E-state index contributed by atoms with van der Waals surface area (Å²) in [5.74, 6) is 0.573. The van der Waals surface area contributed by atoms with E-state index in [1.807, 2.05) is 13.0 Å². The molecule has 0 spiro atoms. The van der Waals surface area contributed by atoms with Crippen LogP contribution in [0.15, 0.2) is 30.3 Å². The molecular formula is C12H16F2O. The van der Waals surface area contributed by atoms with E-state index in [4.69, 9.17) is 4.74 Å². The van der Waals surface area contributed by atoms with Crippen molar-refractivity contribution in [3.05, 3.63) is 30.3 Å². The lowest BCUT2D eigenvalue weighted by Gasteiger charge is -2.13. The number of rotatable bonds is 6. The number of para-hydroxylation sites is 1. The average molecular weight is 214 g/mol. The zero-order chi connectivity index (χ0) is 11.1. The van der Waals surface area contributed by atoms with E-state index in [-0.39, 0.29) is 13.0 Å². The molecule has 0 N–H and O–H groups in total. The van der Waals surface area contributed by atoms with E-state index in [0.29, 0.717) is 12.2 Å². The first kappa shape index (κ1) is 12.0. The third-order valence-corrected chi connectivity index (χ3v) is 2.11. The van der Waals surface area contributed by atoms with Crippen LogP contribution in [0.5, 0.6) is 5.75 Å². The van der Waals surface area contributed by atoms with Crippen LogP contribution in [0.1, 0.15) is 19.8 Å². The van der Waals surface area contributed by atoms with Crippen LogP contribution >= 0.6 is 0 Å². The van der Waals surface area contributed by atoms with Gasteiger partial charge in [-0.15, -0.1) is 0 Å². The smallest absolute Gasteiger partial charge is 0.165 e. The molecule has 0 radical (unpaired) electrons. The summed E-state index contributed by atoms with van der Waals surface area (Å²) >= 11 is 0. The average Bonchev–Trinajstić information content (AvgIpc) is 2.27. The van der Waals surface area contributed by atoms with Crippen molar-refractivity contribution in [2.45, 2.75) is 32.1 Å². The molecular weight excluding hydrogens is 198 g/mol. The van der Waals surface area contributed by atoms with Crippen LogP contribution in [0.3, 0.4) is 0 Å². The van der Waals surface area contributed by atoms with E-state index < -0.39 is 12.3 Å². The minimum absolute atomic E-state index is 0.217. The molecule has 0 saturated carbocycles. The lowest BCUT2D eigenvalue weighted by Crippen LogP contribution is -2.24. The molecule has 1 aromatic carbocycles. The van der Waals surface area contributed by atoms with Gasteiger partial charge in [-0.3, -0.25) is 0 Å². The molecule has 0 fully saturated rings. The van der Waals surface area contributed by atoms with Crippen molar-refractivity contribution in [1.82, 2.24) is 0 Å². The van der Waals surface area contributed by atoms with Crippen LogP contribution in [0.2, 0.25) is 0 Å². The normalized spacial score (nSPS) is 14.6. The largest absolute Gasteiger partial charge is 0.490 e. The number of alkyl halides is 2. The van der Waals surface area contributed by atoms with Gasteiger partial charge < -0.3 is 4.74 Å². The molecule has 0 aliphatic carbocycles. The summed E-state index contributed by atoms with van der Waals surface area (Å²) in [5.41, 5.74) is 0. The summed E-state index contributed by atoms with van der Waals surface area (Å²) in [5, 5.41) is 0. The third-order valence-electron chi connectivity index (χ3n) is 2.11. The summed E-state index contributed by atoms with van der Waals surface area (Å²) in [4.78, 5) is 0. The summed E-state index contributed by atoms with van der Waals surface area (Å²) in [7, 11) is 0. The highest BCUT2D eigenvalue weighted by molar-refractivity contribution is 5.20. The van der Waals surface area contributed by atoms with Crippen LogP contribution in [0, 0.1) is 0 Å². The Kier molecular flexibility index (Phi) is 5.08. The van der Waals surface area contributed by atoms with Gasteiger partial charge in [0.2, 0.25) is 0 Å². The number of benzene rings is 1. The van der Waals surface area contributed by atoms with Gasteiger partial charge in [-0.05, 0) is 18.6 Å². The fourth-order valence-corrected chi connectivity index (χ4v) is 1.25. The Bertz CT molecular complexity index is 264. The molecule has 1 nitrogen and oxygen atoms in total. The fraction of sp³-hybridized carbons (Fsp3) is 0.500. The van der Waals surface area contributed by atoms with Crippen LogP contribution in [-0.4, -0.2) is 19.0 Å². The predicted octanol–water partition coefficient (Wildman–Crippen LogP) is 3.54. The lowest BCUT2D eigenvalue weighted by atomic mass is 10.1. The molecule has 0 heterocycles. The van der Waals surface area contributed by atoms with E-state index >= 15 is 0 Å². The lowest BCUT2D eigenvalue weighted by molar-refractivity contribution is 0.103. The first-order chi connectivity index (χ1) is 7.24. The fourth-order valence-electron chi connectivity index (χ4n) is 1.25. The van der Waals surface area contributed by atoms with E-state index in [1.54, 1.807) is 24.3 Å². The molecule has 0 aliphatic heterocycles. The number of hydrogen-bond donors (Lipinski definition) is 0. The monoisotopic (exact) mass is 214 g/mol. The zero-order valence-electron chi connectivity index (χ0n) is 8.83. The molecule has 3 heteroatoms. The highest BCUT2D eigenvalue weighted by atomic mass is 19.2. The maximum Gasteiger partial charge on any atom is 0.165 e. The van der Waals surface area contributed by atoms with E-state index in [2.05, 4.69) is 0 Å². The molecule has 0 amide bonds. The molecule has 15 heavy (non-hydrogen) atoms. The van der Waals surface area contributed by atoms with Gasteiger partial charge in [-0.2, -0.15) is 0 Å². The quantitative estimate of drug-likeness (QED) is 0.703. The van der Waals surface area contributed by atoms with E-state index in [9.17, 15) is 8.78 Å². The Hall–Kier alpha value is -1.12. The van der Waals surface area contributed by atoms with Crippen molar-refractivity contribution in [3.8, 4) is 5.75 Å². The topological polar surface area (TPSA) is 9.23 Å². The maximum absolute atomic E-state index is 13.2. The minimum Gasteiger partial charge on any atom is -0.490 e. The van der Waals surface area contributed by atoms with Gasteiger partial charge in [-0.1, -0.05) is 31.5 Å². The molecule has 1 rings (SSSR count). The molecule has 2 atom stereocenters. The SMILES string of the molecule is CCC[C@@H](F)[C@@H](F)COc1ccccc1. The van der Waals surface area contributed by atoms with Gasteiger partial charge in [0, 0.05) is 0 Å². The number of hydrogen-bond acceptors (Lipinski definition) is 1. The van der Waals surface area contributed by atoms with Crippen molar-refractivity contribution < 1.29 is 13.5 Å². The standard InChI is InChI=1S/C12H16F2O/c1-2-6-11(13)12(14)9-15-10-7-4-3-5-8-10/h3-5,7-8,11-12H,2,6,9H2,1H3/t11-,12+/m1/s1. The number of halogens is 2. The van der Waals surface area contributed by atoms with Crippen molar-refractivity contribution in [2.75, 3.05) is 6.61 Å². The van der Waals surface area contributed by atoms with Crippen LogP contribution in [0.4, 0.5) is 8.78 Å². The van der Waals surface area contributed by atoms with Gasteiger partial charge in [-0.25, -0.2) is 8.78 Å². The highest BCUT2D eigenvalue weighted by Crippen LogP contribution is 2.14. The number of ether oxygens (including phenoxy) is 1. The molecule has 0 bridgehead atoms. The van der Waals surface area contributed by atoms with Gasteiger partial charge in [0.25, 0.3) is 0 Å². The Balaban J connectivity index is 2.31. The van der Waals surface area contributed by atoms with Crippen LogP contribution in [0.25, 0.3) is 0 Å². The van der Waals surface area contributed by atoms with Gasteiger partial charge >= 0.3 is 0 Å². The Morgan fingerprint density at radius 3 is 2.40 bits per heavy atom. The first-order valence-corrected chi connectivity index (χ1v) is 5.20.